The summed E-state index contributed by atoms with van der Waals surface area (Å²) < 4.78 is 1.47. The van der Waals surface area contributed by atoms with E-state index >= 15 is 0 Å². The highest BCUT2D eigenvalue weighted by Gasteiger charge is 2.04. The molecule has 1 aromatic heterocycles. The molecule has 0 bridgehead atoms. The van der Waals surface area contributed by atoms with Gasteiger partial charge in [-0.25, -0.2) is 15.3 Å². The quantitative estimate of drug-likeness (QED) is 0.668. The van der Waals surface area contributed by atoms with Crippen LogP contribution in [0, 0.1) is 0 Å². The molecular weight excluding hydrogens is 214 g/mol. The summed E-state index contributed by atoms with van der Waals surface area (Å²) in [5, 5.41) is 8.33. The van der Waals surface area contributed by atoms with Crippen LogP contribution < -0.4 is 11.0 Å². The van der Waals surface area contributed by atoms with Gasteiger partial charge in [0.05, 0.1) is 0 Å². The first-order chi connectivity index (χ1) is 7.65. The average Bonchev–Trinajstić information content (AvgIpc) is 2.23. The molecule has 7 nitrogen and oxygen atoms in total. The third kappa shape index (κ3) is 3.35. The highest BCUT2D eigenvalue weighted by molar-refractivity contribution is 5.68. The highest BCUT2D eigenvalue weighted by Crippen LogP contribution is 1.94. The number of aryl methyl sites for hydroxylation is 1. The minimum Gasteiger partial charge on any atom is -0.479 e. The minimum atomic E-state index is -1.13. The fraction of sp³-hybridized carbons (Fsp3) is 0.444. The molecule has 1 rings (SSSR count). The maximum atomic E-state index is 11.6. The van der Waals surface area contributed by atoms with Crippen LogP contribution >= 0.6 is 0 Å². The van der Waals surface area contributed by atoms with E-state index in [1.807, 2.05) is 6.92 Å². The lowest BCUT2D eigenvalue weighted by Crippen LogP contribution is -2.25. The Balaban J connectivity index is 2.69. The number of carbonyl (C=O) groups is 1. The van der Waals surface area contributed by atoms with Crippen LogP contribution in [0.15, 0.2) is 17.2 Å². The van der Waals surface area contributed by atoms with Crippen molar-refractivity contribution in [2.45, 2.75) is 19.9 Å². The monoisotopic (exact) mass is 227 g/mol. The third-order valence-corrected chi connectivity index (χ3v) is 1.74. The molecule has 0 spiro atoms. The number of aromatic nitrogens is 2. The summed E-state index contributed by atoms with van der Waals surface area (Å²) in [6, 6.07) is 0. The van der Waals surface area contributed by atoms with Crippen molar-refractivity contribution in [3.8, 4) is 0 Å². The number of anilines is 1. The van der Waals surface area contributed by atoms with Gasteiger partial charge in [-0.05, 0) is 6.42 Å². The number of carboxylic acid groups (broad SMARTS) is 1. The second-order valence-electron chi connectivity index (χ2n) is 3.06. The molecule has 7 heteroatoms. The van der Waals surface area contributed by atoms with E-state index in [2.05, 4.69) is 15.3 Å². The Labute approximate surface area is 91.6 Å². The molecule has 88 valence electrons. The van der Waals surface area contributed by atoms with Crippen LogP contribution in [0.4, 0.5) is 5.82 Å². The molecule has 1 heterocycles. The van der Waals surface area contributed by atoms with E-state index in [9.17, 15) is 9.59 Å². The molecule has 0 aliphatic carbocycles. The van der Waals surface area contributed by atoms with Crippen LogP contribution in [0.25, 0.3) is 0 Å². The average molecular weight is 227 g/mol. The summed E-state index contributed by atoms with van der Waals surface area (Å²) in [6.45, 7) is 1.99. The molecule has 0 atom stereocenters. The van der Waals surface area contributed by atoms with Gasteiger partial charge in [0.1, 0.15) is 0 Å². The van der Waals surface area contributed by atoms with Crippen LogP contribution in [-0.2, 0) is 16.2 Å². The number of rotatable bonds is 6. The lowest BCUT2D eigenvalue weighted by molar-refractivity contribution is -0.141. The zero-order chi connectivity index (χ0) is 12.0. The predicted octanol–water partition coefficient (Wildman–Crippen LogP) is 0.0814. The molecule has 0 unspecified atom stereocenters. The molecule has 16 heavy (non-hydrogen) atoms. The fourth-order valence-electron chi connectivity index (χ4n) is 1.10. The number of nitrogens with zero attached hydrogens (tertiary/aromatic N) is 2. The Morgan fingerprint density at radius 3 is 3.06 bits per heavy atom. The van der Waals surface area contributed by atoms with Crippen LogP contribution in [0.5, 0.6) is 0 Å². The number of hydrogen-bond acceptors (Lipinski definition) is 5. The molecule has 0 saturated carbocycles. The van der Waals surface area contributed by atoms with E-state index in [4.69, 9.17) is 5.11 Å². The van der Waals surface area contributed by atoms with Crippen molar-refractivity contribution in [3.05, 3.63) is 22.7 Å². The van der Waals surface area contributed by atoms with E-state index in [0.717, 1.165) is 6.42 Å². The van der Waals surface area contributed by atoms with Crippen molar-refractivity contribution in [1.29, 1.82) is 0 Å². The van der Waals surface area contributed by atoms with E-state index in [0.29, 0.717) is 6.54 Å². The summed E-state index contributed by atoms with van der Waals surface area (Å²) in [7, 11) is 0. The summed E-state index contributed by atoms with van der Waals surface area (Å²) in [6.07, 6.45) is 3.83. The first kappa shape index (κ1) is 12.2. The van der Waals surface area contributed by atoms with E-state index < -0.39 is 12.6 Å². The van der Waals surface area contributed by atoms with Crippen molar-refractivity contribution < 1.29 is 14.7 Å². The van der Waals surface area contributed by atoms with Gasteiger partial charge in [-0.3, -0.25) is 9.63 Å². The van der Waals surface area contributed by atoms with Gasteiger partial charge in [0.2, 0.25) is 5.82 Å². The molecule has 0 radical (unpaired) electrons. The van der Waals surface area contributed by atoms with Crippen LogP contribution in [0.3, 0.4) is 0 Å². The number of hydrogen-bond donors (Lipinski definition) is 2. The van der Waals surface area contributed by atoms with E-state index in [1.165, 1.54) is 10.8 Å². The molecule has 0 fully saturated rings. The van der Waals surface area contributed by atoms with Gasteiger partial charge in [-0.1, -0.05) is 6.92 Å². The Kier molecular flexibility index (Phi) is 4.46. The van der Waals surface area contributed by atoms with Gasteiger partial charge in [0.25, 0.3) is 5.56 Å². The van der Waals surface area contributed by atoms with Gasteiger partial charge >= 0.3 is 5.97 Å². The Bertz CT molecular complexity index is 415. The van der Waals surface area contributed by atoms with Crippen molar-refractivity contribution in [2.24, 2.45) is 0 Å². The van der Waals surface area contributed by atoms with Gasteiger partial charge in [-0.15, -0.1) is 0 Å². The fourth-order valence-corrected chi connectivity index (χ4v) is 1.10. The lowest BCUT2D eigenvalue weighted by atomic mass is 10.4. The standard InChI is InChI=1S/C9H13N3O4/c1-2-4-12-5-3-10-8(9(12)15)11-16-6-7(13)14/h3,5H,2,4,6H2,1H3,(H,10,11)(H,13,14). The molecule has 0 amide bonds. The molecule has 0 aromatic carbocycles. The Morgan fingerprint density at radius 1 is 1.69 bits per heavy atom. The van der Waals surface area contributed by atoms with Crippen molar-refractivity contribution in [3.63, 3.8) is 0 Å². The molecule has 0 aliphatic heterocycles. The highest BCUT2D eigenvalue weighted by atomic mass is 16.7. The topological polar surface area (TPSA) is 93.4 Å². The third-order valence-electron chi connectivity index (χ3n) is 1.74. The van der Waals surface area contributed by atoms with Crippen molar-refractivity contribution in [1.82, 2.24) is 9.55 Å². The van der Waals surface area contributed by atoms with E-state index in [-0.39, 0.29) is 11.4 Å². The molecular formula is C9H13N3O4. The minimum absolute atomic E-state index is 0.0165. The van der Waals surface area contributed by atoms with Crippen molar-refractivity contribution >= 4 is 11.8 Å². The van der Waals surface area contributed by atoms with E-state index in [1.54, 1.807) is 6.20 Å². The zero-order valence-corrected chi connectivity index (χ0v) is 8.84. The predicted molar refractivity (Wildman–Crippen MR) is 56.0 cm³/mol. The molecule has 0 aliphatic rings. The van der Waals surface area contributed by atoms with Gasteiger partial charge in [0.15, 0.2) is 6.61 Å². The first-order valence-corrected chi connectivity index (χ1v) is 4.80. The van der Waals surface area contributed by atoms with Crippen molar-refractivity contribution in [2.75, 3.05) is 12.1 Å². The van der Waals surface area contributed by atoms with Crippen LogP contribution in [0.1, 0.15) is 13.3 Å². The van der Waals surface area contributed by atoms with Gasteiger partial charge < -0.3 is 9.67 Å². The molecule has 0 saturated heterocycles. The molecule has 2 N–H and O–H groups in total. The maximum absolute atomic E-state index is 11.6. The SMILES string of the molecule is CCCn1ccnc(NOCC(=O)O)c1=O. The summed E-state index contributed by atoms with van der Waals surface area (Å²) in [4.78, 5) is 30.1. The Morgan fingerprint density at radius 2 is 2.44 bits per heavy atom. The van der Waals surface area contributed by atoms with Crippen LogP contribution in [-0.4, -0.2) is 27.2 Å². The largest absolute Gasteiger partial charge is 0.479 e. The Hall–Kier alpha value is -1.89. The summed E-state index contributed by atoms with van der Waals surface area (Å²) in [5.41, 5.74) is 1.88. The number of nitrogens with one attached hydrogen (secondary N) is 1. The maximum Gasteiger partial charge on any atom is 0.332 e. The van der Waals surface area contributed by atoms with Gasteiger partial charge in [-0.2, -0.15) is 0 Å². The summed E-state index contributed by atoms with van der Waals surface area (Å²) >= 11 is 0. The first-order valence-electron chi connectivity index (χ1n) is 4.80. The second kappa shape index (κ2) is 5.86. The summed E-state index contributed by atoms with van der Waals surface area (Å²) in [5.74, 6) is -1.14. The lowest BCUT2D eigenvalue weighted by Gasteiger charge is -2.06. The number of carboxylic acids is 1. The van der Waals surface area contributed by atoms with Gasteiger partial charge in [0, 0.05) is 18.9 Å². The normalized spacial score (nSPS) is 10.1. The van der Waals surface area contributed by atoms with Crippen LogP contribution in [0.2, 0.25) is 0 Å². The zero-order valence-electron chi connectivity index (χ0n) is 8.84. The smallest absolute Gasteiger partial charge is 0.332 e. The second-order valence-corrected chi connectivity index (χ2v) is 3.06. The molecule has 1 aromatic rings. The number of aliphatic carboxylic acids is 1.